The molecule has 4 nitrogen and oxygen atoms in total. The first-order chi connectivity index (χ1) is 8.83. The quantitative estimate of drug-likeness (QED) is 0.860. The van der Waals surface area contributed by atoms with E-state index in [1.165, 1.54) is 44.5 Å². The summed E-state index contributed by atoms with van der Waals surface area (Å²) in [5, 5.41) is 3.62. The Morgan fingerprint density at radius 2 is 2.06 bits per heavy atom. The molecule has 1 aromatic rings. The van der Waals surface area contributed by atoms with Crippen molar-refractivity contribution in [3.8, 4) is 0 Å². The Morgan fingerprint density at radius 3 is 2.78 bits per heavy atom. The molecule has 0 spiro atoms. The maximum atomic E-state index is 4.28. The van der Waals surface area contributed by atoms with Gasteiger partial charge in [0.25, 0.3) is 0 Å². The Morgan fingerprint density at radius 1 is 1.28 bits per heavy atom. The van der Waals surface area contributed by atoms with E-state index in [0.29, 0.717) is 0 Å². The number of aromatic nitrogens is 2. The highest BCUT2D eigenvalue weighted by atomic mass is 15.1. The summed E-state index contributed by atoms with van der Waals surface area (Å²) >= 11 is 0. The molecule has 1 N–H and O–H groups in total. The lowest BCUT2D eigenvalue weighted by Gasteiger charge is -2.29. The summed E-state index contributed by atoms with van der Waals surface area (Å²) in [5.74, 6) is 0.860. The van der Waals surface area contributed by atoms with Crippen molar-refractivity contribution in [2.75, 3.05) is 26.7 Å². The van der Waals surface area contributed by atoms with Crippen LogP contribution in [-0.4, -0.2) is 41.1 Å². The number of hydrogen-bond donors (Lipinski definition) is 1. The highest BCUT2D eigenvalue weighted by Gasteiger charge is 2.25. The summed E-state index contributed by atoms with van der Waals surface area (Å²) in [6.45, 7) is 4.64. The van der Waals surface area contributed by atoms with Gasteiger partial charge in [-0.25, -0.2) is 4.98 Å². The summed E-state index contributed by atoms with van der Waals surface area (Å²) in [7, 11) is 2.22. The van der Waals surface area contributed by atoms with Crippen molar-refractivity contribution in [2.24, 2.45) is 5.92 Å². The van der Waals surface area contributed by atoms with Crippen molar-refractivity contribution in [1.29, 1.82) is 0 Å². The maximum absolute atomic E-state index is 4.28. The van der Waals surface area contributed by atoms with Gasteiger partial charge in [0.2, 0.25) is 0 Å². The van der Waals surface area contributed by atoms with Crippen LogP contribution in [0.25, 0.3) is 0 Å². The van der Waals surface area contributed by atoms with Crippen LogP contribution in [0.1, 0.15) is 37.4 Å². The first kappa shape index (κ1) is 12.2. The third kappa shape index (κ3) is 2.93. The molecule has 1 aliphatic carbocycles. The fourth-order valence-corrected chi connectivity index (χ4v) is 2.82. The average molecular weight is 248 g/mol. The standard InChI is InChI=1S/C14H24N4/c1-17-6-4-12(5-7-17)8-15-9-14-10-16-11-18(14)13-2-3-13/h10-13,15H,2-9H2,1H3. The molecule has 0 unspecified atom stereocenters. The van der Waals surface area contributed by atoms with E-state index >= 15 is 0 Å². The van der Waals surface area contributed by atoms with E-state index < -0.39 is 0 Å². The molecule has 100 valence electrons. The molecule has 0 bridgehead atoms. The second-order valence-corrected chi connectivity index (χ2v) is 5.90. The molecule has 0 amide bonds. The molecule has 0 aromatic carbocycles. The molecule has 4 heteroatoms. The molecule has 1 aliphatic heterocycles. The second kappa shape index (κ2) is 5.41. The van der Waals surface area contributed by atoms with Crippen molar-refractivity contribution in [1.82, 2.24) is 19.8 Å². The third-order valence-corrected chi connectivity index (χ3v) is 4.26. The van der Waals surface area contributed by atoms with Gasteiger partial charge in [-0.2, -0.15) is 0 Å². The zero-order valence-electron chi connectivity index (χ0n) is 11.3. The number of rotatable bonds is 5. The van der Waals surface area contributed by atoms with Crippen LogP contribution >= 0.6 is 0 Å². The van der Waals surface area contributed by atoms with Crippen LogP contribution in [0.4, 0.5) is 0 Å². The predicted octanol–water partition coefficient (Wildman–Crippen LogP) is 1.65. The third-order valence-electron chi connectivity index (χ3n) is 4.26. The van der Waals surface area contributed by atoms with Crippen LogP contribution < -0.4 is 5.32 Å². The average Bonchev–Trinajstić information content (AvgIpc) is 3.12. The lowest BCUT2D eigenvalue weighted by molar-refractivity contribution is 0.215. The Labute approximate surface area is 109 Å². The van der Waals surface area contributed by atoms with E-state index in [4.69, 9.17) is 0 Å². The summed E-state index contributed by atoms with van der Waals surface area (Å²) in [6.07, 6.45) is 9.34. The van der Waals surface area contributed by atoms with Gasteiger partial charge in [-0.1, -0.05) is 0 Å². The first-order valence-corrected chi connectivity index (χ1v) is 7.23. The molecule has 2 fully saturated rings. The Hall–Kier alpha value is -0.870. The molecule has 1 aromatic heterocycles. The molecular weight excluding hydrogens is 224 g/mol. The zero-order valence-corrected chi connectivity index (χ0v) is 11.3. The van der Waals surface area contributed by atoms with Crippen molar-refractivity contribution >= 4 is 0 Å². The molecule has 2 heterocycles. The molecular formula is C14H24N4. The lowest BCUT2D eigenvalue weighted by atomic mass is 9.97. The van der Waals surface area contributed by atoms with Gasteiger partial charge in [-0.3, -0.25) is 0 Å². The van der Waals surface area contributed by atoms with Crippen LogP contribution in [0, 0.1) is 5.92 Å². The van der Waals surface area contributed by atoms with E-state index in [-0.39, 0.29) is 0 Å². The topological polar surface area (TPSA) is 33.1 Å². The van der Waals surface area contributed by atoms with Gasteiger partial charge < -0.3 is 14.8 Å². The highest BCUT2D eigenvalue weighted by Crippen LogP contribution is 2.35. The minimum absolute atomic E-state index is 0.743. The summed E-state index contributed by atoms with van der Waals surface area (Å²) in [4.78, 5) is 6.70. The Balaban J connectivity index is 1.42. The minimum Gasteiger partial charge on any atom is -0.330 e. The molecule has 0 atom stereocenters. The van der Waals surface area contributed by atoms with Crippen LogP contribution in [-0.2, 0) is 6.54 Å². The minimum atomic E-state index is 0.743. The number of piperidine rings is 1. The largest absolute Gasteiger partial charge is 0.330 e. The number of nitrogens with one attached hydrogen (secondary N) is 1. The van der Waals surface area contributed by atoms with E-state index in [9.17, 15) is 0 Å². The SMILES string of the molecule is CN1CCC(CNCc2cncn2C2CC2)CC1. The highest BCUT2D eigenvalue weighted by molar-refractivity contribution is 5.03. The van der Waals surface area contributed by atoms with Gasteiger partial charge in [0, 0.05) is 18.8 Å². The smallest absolute Gasteiger partial charge is 0.0951 e. The van der Waals surface area contributed by atoms with E-state index in [0.717, 1.165) is 25.0 Å². The van der Waals surface area contributed by atoms with E-state index in [2.05, 4.69) is 26.8 Å². The zero-order chi connectivity index (χ0) is 12.4. The fourth-order valence-electron chi connectivity index (χ4n) is 2.82. The molecule has 1 saturated carbocycles. The van der Waals surface area contributed by atoms with E-state index in [1.807, 2.05) is 12.5 Å². The van der Waals surface area contributed by atoms with Gasteiger partial charge >= 0.3 is 0 Å². The number of hydrogen-bond acceptors (Lipinski definition) is 3. The first-order valence-electron chi connectivity index (χ1n) is 7.23. The number of imidazole rings is 1. The molecule has 3 rings (SSSR count). The number of likely N-dealkylation sites (tertiary alicyclic amines) is 1. The summed E-state index contributed by atoms with van der Waals surface area (Å²) in [6, 6.07) is 0.743. The summed E-state index contributed by atoms with van der Waals surface area (Å²) < 4.78 is 2.35. The summed E-state index contributed by atoms with van der Waals surface area (Å²) in [5.41, 5.74) is 1.35. The predicted molar refractivity (Wildman–Crippen MR) is 72.4 cm³/mol. The van der Waals surface area contributed by atoms with Gasteiger partial charge in [0.05, 0.1) is 12.0 Å². The van der Waals surface area contributed by atoms with Crippen LogP contribution in [0.5, 0.6) is 0 Å². The Bertz CT molecular complexity index is 375. The van der Waals surface area contributed by atoms with Crippen LogP contribution in [0.15, 0.2) is 12.5 Å². The van der Waals surface area contributed by atoms with Crippen LogP contribution in [0.3, 0.4) is 0 Å². The fraction of sp³-hybridized carbons (Fsp3) is 0.786. The normalized spacial score (nSPS) is 22.5. The van der Waals surface area contributed by atoms with Crippen LogP contribution in [0.2, 0.25) is 0 Å². The van der Waals surface area contributed by atoms with E-state index in [1.54, 1.807) is 0 Å². The monoisotopic (exact) mass is 248 g/mol. The van der Waals surface area contributed by atoms with Gasteiger partial charge in [0.15, 0.2) is 0 Å². The van der Waals surface area contributed by atoms with Crippen molar-refractivity contribution in [2.45, 2.75) is 38.3 Å². The molecule has 1 saturated heterocycles. The van der Waals surface area contributed by atoms with Gasteiger partial charge in [-0.05, 0) is 58.3 Å². The van der Waals surface area contributed by atoms with Crippen molar-refractivity contribution < 1.29 is 0 Å². The van der Waals surface area contributed by atoms with Crippen molar-refractivity contribution in [3.05, 3.63) is 18.2 Å². The van der Waals surface area contributed by atoms with Gasteiger partial charge in [0.1, 0.15) is 0 Å². The second-order valence-electron chi connectivity index (χ2n) is 5.90. The Kier molecular flexibility index (Phi) is 3.66. The molecule has 2 aliphatic rings. The molecule has 18 heavy (non-hydrogen) atoms. The lowest BCUT2D eigenvalue weighted by Crippen LogP contribution is -2.35. The number of nitrogens with zero attached hydrogens (tertiary/aromatic N) is 3. The van der Waals surface area contributed by atoms with Gasteiger partial charge in [-0.15, -0.1) is 0 Å². The maximum Gasteiger partial charge on any atom is 0.0951 e. The molecule has 0 radical (unpaired) electrons. The van der Waals surface area contributed by atoms with Crippen molar-refractivity contribution in [3.63, 3.8) is 0 Å².